The van der Waals surface area contributed by atoms with Gasteiger partial charge in [-0.05, 0) is 67.3 Å². The van der Waals surface area contributed by atoms with Crippen molar-refractivity contribution in [2.75, 3.05) is 11.9 Å². The standard InChI is InChI=1S/C20H19N3O3/c1-13-22-23-20(26-13)16-4-8-17(9-5-16)21-19(24)15-6-10-18(11-7-15)25-12-14-2-3-14/h4-11,14H,2-3,12H2,1H3,(H,21,24). The molecular formula is C20H19N3O3. The van der Waals surface area contributed by atoms with Crippen LogP contribution in [-0.2, 0) is 0 Å². The van der Waals surface area contributed by atoms with Crippen LogP contribution in [0.1, 0.15) is 29.1 Å². The summed E-state index contributed by atoms with van der Waals surface area (Å²) in [5, 5.41) is 10.7. The zero-order chi connectivity index (χ0) is 17.9. The first-order valence-corrected chi connectivity index (χ1v) is 8.62. The Morgan fingerprint density at radius 3 is 2.46 bits per heavy atom. The fraction of sp³-hybridized carbons (Fsp3) is 0.250. The third-order valence-electron chi connectivity index (χ3n) is 4.21. The molecule has 132 valence electrons. The van der Waals surface area contributed by atoms with Crippen LogP contribution in [-0.4, -0.2) is 22.7 Å². The van der Waals surface area contributed by atoms with Gasteiger partial charge in [-0.2, -0.15) is 0 Å². The fourth-order valence-electron chi connectivity index (χ4n) is 2.51. The molecule has 1 heterocycles. The number of carbonyl (C=O) groups excluding carboxylic acids is 1. The molecular weight excluding hydrogens is 330 g/mol. The number of nitrogens with zero attached hydrogens (tertiary/aromatic N) is 2. The lowest BCUT2D eigenvalue weighted by Crippen LogP contribution is -2.11. The second kappa shape index (κ2) is 7.00. The van der Waals surface area contributed by atoms with E-state index < -0.39 is 0 Å². The maximum atomic E-state index is 12.4. The molecule has 0 unspecified atom stereocenters. The smallest absolute Gasteiger partial charge is 0.255 e. The lowest BCUT2D eigenvalue weighted by molar-refractivity contribution is 0.102. The van der Waals surface area contributed by atoms with Crippen molar-refractivity contribution in [2.24, 2.45) is 5.92 Å². The van der Waals surface area contributed by atoms with Crippen LogP contribution in [0.25, 0.3) is 11.5 Å². The van der Waals surface area contributed by atoms with Crippen molar-refractivity contribution < 1.29 is 13.9 Å². The SMILES string of the molecule is Cc1nnc(-c2ccc(NC(=O)c3ccc(OCC4CC4)cc3)cc2)o1. The van der Waals surface area contributed by atoms with Gasteiger partial charge < -0.3 is 14.5 Å². The number of ether oxygens (including phenoxy) is 1. The van der Waals surface area contributed by atoms with Gasteiger partial charge in [0.25, 0.3) is 5.91 Å². The number of hydrogen-bond donors (Lipinski definition) is 1. The number of amides is 1. The number of aryl methyl sites for hydroxylation is 1. The Balaban J connectivity index is 1.37. The molecule has 0 radical (unpaired) electrons. The molecule has 4 rings (SSSR count). The highest BCUT2D eigenvalue weighted by Gasteiger charge is 2.21. The minimum absolute atomic E-state index is 0.167. The van der Waals surface area contributed by atoms with Crippen molar-refractivity contribution in [1.82, 2.24) is 10.2 Å². The fourth-order valence-corrected chi connectivity index (χ4v) is 2.51. The quantitative estimate of drug-likeness (QED) is 0.725. The van der Waals surface area contributed by atoms with Crippen LogP contribution in [0.4, 0.5) is 5.69 Å². The normalized spacial score (nSPS) is 13.4. The van der Waals surface area contributed by atoms with Crippen molar-refractivity contribution in [3.05, 3.63) is 60.0 Å². The van der Waals surface area contributed by atoms with Gasteiger partial charge in [-0.1, -0.05) is 0 Å². The molecule has 6 heteroatoms. The summed E-state index contributed by atoms with van der Waals surface area (Å²) in [6.45, 7) is 2.50. The van der Waals surface area contributed by atoms with E-state index in [0.717, 1.165) is 17.9 Å². The van der Waals surface area contributed by atoms with E-state index in [1.165, 1.54) is 12.8 Å². The summed E-state index contributed by atoms with van der Waals surface area (Å²) in [5.41, 5.74) is 2.09. The molecule has 1 N–H and O–H groups in total. The Morgan fingerprint density at radius 2 is 1.85 bits per heavy atom. The average molecular weight is 349 g/mol. The number of anilines is 1. The molecule has 0 atom stereocenters. The number of benzene rings is 2. The summed E-state index contributed by atoms with van der Waals surface area (Å²) in [6.07, 6.45) is 2.51. The van der Waals surface area contributed by atoms with E-state index in [0.29, 0.717) is 29.0 Å². The summed E-state index contributed by atoms with van der Waals surface area (Å²) in [4.78, 5) is 12.4. The Morgan fingerprint density at radius 1 is 1.12 bits per heavy atom. The van der Waals surface area contributed by atoms with Crippen LogP contribution in [0.5, 0.6) is 5.75 Å². The maximum absolute atomic E-state index is 12.4. The summed E-state index contributed by atoms with van der Waals surface area (Å²) >= 11 is 0. The van der Waals surface area contributed by atoms with Crippen molar-refractivity contribution >= 4 is 11.6 Å². The maximum Gasteiger partial charge on any atom is 0.255 e. The molecule has 0 spiro atoms. The summed E-state index contributed by atoms with van der Waals surface area (Å²) in [5.74, 6) is 2.31. The molecule has 1 fully saturated rings. The molecule has 0 bridgehead atoms. The molecule has 1 saturated carbocycles. The highest BCUT2D eigenvalue weighted by Crippen LogP contribution is 2.29. The van der Waals surface area contributed by atoms with E-state index >= 15 is 0 Å². The Bertz CT molecular complexity index is 897. The van der Waals surface area contributed by atoms with Gasteiger partial charge in [0.15, 0.2) is 0 Å². The molecule has 0 saturated heterocycles. The van der Waals surface area contributed by atoms with E-state index in [2.05, 4.69) is 15.5 Å². The van der Waals surface area contributed by atoms with Crippen molar-refractivity contribution in [3.63, 3.8) is 0 Å². The zero-order valence-corrected chi connectivity index (χ0v) is 14.4. The van der Waals surface area contributed by atoms with Gasteiger partial charge in [-0.25, -0.2) is 0 Å². The Labute approximate surface area is 151 Å². The van der Waals surface area contributed by atoms with E-state index in [1.807, 2.05) is 24.3 Å². The van der Waals surface area contributed by atoms with Gasteiger partial charge in [-0.3, -0.25) is 4.79 Å². The highest BCUT2D eigenvalue weighted by atomic mass is 16.5. The van der Waals surface area contributed by atoms with Gasteiger partial charge in [0, 0.05) is 23.7 Å². The number of rotatable bonds is 6. The van der Waals surface area contributed by atoms with E-state index in [4.69, 9.17) is 9.15 Å². The zero-order valence-electron chi connectivity index (χ0n) is 14.4. The molecule has 6 nitrogen and oxygen atoms in total. The first kappa shape index (κ1) is 16.3. The van der Waals surface area contributed by atoms with E-state index in [-0.39, 0.29) is 5.91 Å². The van der Waals surface area contributed by atoms with Crippen LogP contribution in [0.3, 0.4) is 0 Å². The minimum Gasteiger partial charge on any atom is -0.493 e. The minimum atomic E-state index is -0.167. The topological polar surface area (TPSA) is 77.2 Å². The predicted molar refractivity (Wildman–Crippen MR) is 97.1 cm³/mol. The molecule has 3 aromatic rings. The van der Waals surface area contributed by atoms with Gasteiger partial charge >= 0.3 is 0 Å². The van der Waals surface area contributed by atoms with Gasteiger partial charge in [0.2, 0.25) is 11.8 Å². The number of aromatic nitrogens is 2. The Hall–Kier alpha value is -3.15. The average Bonchev–Trinajstić information content (AvgIpc) is 3.40. The van der Waals surface area contributed by atoms with Crippen LogP contribution in [0.15, 0.2) is 52.9 Å². The first-order valence-electron chi connectivity index (χ1n) is 8.62. The van der Waals surface area contributed by atoms with E-state index in [9.17, 15) is 4.79 Å². The summed E-state index contributed by atoms with van der Waals surface area (Å²) in [7, 11) is 0. The van der Waals surface area contributed by atoms with Gasteiger partial charge in [0.05, 0.1) is 6.61 Å². The molecule has 1 aromatic heterocycles. The van der Waals surface area contributed by atoms with Gasteiger partial charge in [0.1, 0.15) is 5.75 Å². The van der Waals surface area contributed by atoms with Crippen LogP contribution in [0.2, 0.25) is 0 Å². The molecule has 26 heavy (non-hydrogen) atoms. The van der Waals surface area contributed by atoms with Crippen LogP contribution < -0.4 is 10.1 Å². The van der Waals surface area contributed by atoms with Crippen molar-refractivity contribution in [3.8, 4) is 17.2 Å². The Kier molecular flexibility index (Phi) is 4.39. The predicted octanol–water partition coefficient (Wildman–Crippen LogP) is 4.09. The lowest BCUT2D eigenvalue weighted by atomic mass is 10.1. The molecule has 0 aliphatic heterocycles. The van der Waals surface area contributed by atoms with Crippen molar-refractivity contribution in [1.29, 1.82) is 0 Å². The lowest BCUT2D eigenvalue weighted by Gasteiger charge is -2.08. The summed E-state index contributed by atoms with van der Waals surface area (Å²) in [6, 6.07) is 14.5. The van der Waals surface area contributed by atoms with Crippen molar-refractivity contribution in [2.45, 2.75) is 19.8 Å². The second-order valence-corrected chi connectivity index (χ2v) is 6.44. The molecule has 1 aliphatic rings. The third kappa shape index (κ3) is 3.91. The number of carbonyl (C=O) groups is 1. The monoisotopic (exact) mass is 349 g/mol. The largest absolute Gasteiger partial charge is 0.493 e. The highest BCUT2D eigenvalue weighted by molar-refractivity contribution is 6.04. The third-order valence-corrected chi connectivity index (χ3v) is 4.21. The van der Waals surface area contributed by atoms with Gasteiger partial charge in [-0.15, -0.1) is 10.2 Å². The molecule has 1 amide bonds. The van der Waals surface area contributed by atoms with Crippen LogP contribution in [0, 0.1) is 12.8 Å². The molecule has 1 aliphatic carbocycles. The van der Waals surface area contributed by atoms with Crippen LogP contribution >= 0.6 is 0 Å². The molecule has 2 aromatic carbocycles. The second-order valence-electron chi connectivity index (χ2n) is 6.44. The number of hydrogen-bond acceptors (Lipinski definition) is 5. The first-order chi connectivity index (χ1) is 12.7. The van der Waals surface area contributed by atoms with E-state index in [1.54, 1.807) is 31.2 Å². The summed E-state index contributed by atoms with van der Waals surface area (Å²) < 4.78 is 11.1. The number of nitrogens with one attached hydrogen (secondary N) is 1.